The fourth-order valence-electron chi connectivity index (χ4n) is 3.73. The lowest BCUT2D eigenvalue weighted by molar-refractivity contribution is 0.0996. The van der Waals surface area contributed by atoms with Crippen LogP contribution in [0.2, 0.25) is 0 Å². The number of amides is 1. The molecule has 3 rings (SSSR count). The summed E-state index contributed by atoms with van der Waals surface area (Å²) in [4.78, 5) is 18.2. The molecule has 37 heavy (non-hydrogen) atoms. The van der Waals surface area contributed by atoms with Gasteiger partial charge in [0.25, 0.3) is 5.91 Å². The van der Waals surface area contributed by atoms with E-state index >= 15 is 0 Å². The smallest absolute Gasteiger partial charge is 0.279 e. The first-order valence-corrected chi connectivity index (χ1v) is 14.3. The second-order valence-corrected chi connectivity index (χ2v) is 11.4. The van der Waals surface area contributed by atoms with Gasteiger partial charge in [0, 0.05) is 46.0 Å². The molecule has 1 amide bonds. The van der Waals surface area contributed by atoms with Crippen molar-refractivity contribution >= 4 is 37.5 Å². The molecule has 0 radical (unpaired) electrons. The molecule has 0 bridgehead atoms. The number of methoxy groups -OCH3 is 2. The Kier molecular flexibility index (Phi) is 10.6. The molecule has 11 heteroatoms. The van der Waals surface area contributed by atoms with Crippen molar-refractivity contribution in [3.8, 4) is 0 Å². The highest BCUT2D eigenvalue weighted by molar-refractivity contribution is 7.89. The number of thiazole rings is 1. The van der Waals surface area contributed by atoms with E-state index in [1.807, 2.05) is 11.5 Å². The van der Waals surface area contributed by atoms with Gasteiger partial charge in [-0.15, -0.1) is 0 Å². The minimum absolute atomic E-state index is 0.0934. The average molecular weight is 550 g/mol. The molecule has 202 valence electrons. The number of ether oxygens (including phenoxy) is 3. The molecule has 0 unspecified atom stereocenters. The first-order chi connectivity index (χ1) is 17.7. The molecule has 0 saturated heterocycles. The summed E-state index contributed by atoms with van der Waals surface area (Å²) in [7, 11) is -0.740. The lowest BCUT2D eigenvalue weighted by Gasteiger charge is -2.21. The SMILES string of the molecule is CCOCCn1c(=NC(=O)c2ccc(S(=O)(=O)N(CCOC)CCOC)cc2)sc2cc(C)c(C)cc21. The lowest BCUT2D eigenvalue weighted by atomic mass is 10.1. The van der Waals surface area contributed by atoms with Crippen molar-refractivity contribution in [2.75, 3.05) is 53.7 Å². The first-order valence-electron chi connectivity index (χ1n) is 12.1. The number of hydrogen-bond acceptors (Lipinski definition) is 7. The van der Waals surface area contributed by atoms with Crippen molar-refractivity contribution in [2.45, 2.75) is 32.2 Å². The quantitative estimate of drug-likeness (QED) is 0.303. The summed E-state index contributed by atoms with van der Waals surface area (Å²) in [5.41, 5.74) is 3.65. The van der Waals surface area contributed by atoms with Crippen LogP contribution in [0.1, 0.15) is 28.4 Å². The van der Waals surface area contributed by atoms with Crippen LogP contribution < -0.4 is 4.80 Å². The van der Waals surface area contributed by atoms with Gasteiger partial charge in [0.15, 0.2) is 4.80 Å². The zero-order valence-electron chi connectivity index (χ0n) is 22.0. The summed E-state index contributed by atoms with van der Waals surface area (Å²) in [6.07, 6.45) is 0. The summed E-state index contributed by atoms with van der Waals surface area (Å²) < 4.78 is 46.3. The number of benzene rings is 2. The van der Waals surface area contributed by atoms with Crippen LogP contribution in [0, 0.1) is 13.8 Å². The highest BCUT2D eigenvalue weighted by Gasteiger charge is 2.24. The molecule has 0 spiro atoms. The molecule has 0 aliphatic carbocycles. The molecule has 0 aliphatic rings. The number of carbonyl (C=O) groups excluding carboxylic acids is 1. The number of carbonyl (C=O) groups is 1. The van der Waals surface area contributed by atoms with Crippen LogP contribution in [0.3, 0.4) is 0 Å². The number of nitrogens with zero attached hydrogens (tertiary/aromatic N) is 3. The molecule has 0 saturated carbocycles. The van der Waals surface area contributed by atoms with E-state index in [9.17, 15) is 13.2 Å². The topological polar surface area (TPSA) is 99.4 Å². The van der Waals surface area contributed by atoms with E-state index < -0.39 is 15.9 Å². The molecule has 1 aromatic heterocycles. The standard InChI is InChI=1S/C26H35N3O6S2/c1-6-35-16-13-29-23-17-19(2)20(3)18-24(23)36-26(29)27-25(30)21-7-9-22(10-8-21)37(31,32)28(11-14-33-4)12-15-34-5/h7-10,17-18H,6,11-16H2,1-5H3. The Morgan fingerprint density at radius 1 is 1.00 bits per heavy atom. The summed E-state index contributed by atoms with van der Waals surface area (Å²) in [5, 5.41) is 0. The van der Waals surface area contributed by atoms with Crippen molar-refractivity contribution in [2.24, 2.45) is 4.99 Å². The lowest BCUT2D eigenvalue weighted by Crippen LogP contribution is -2.36. The maximum Gasteiger partial charge on any atom is 0.279 e. The summed E-state index contributed by atoms with van der Waals surface area (Å²) >= 11 is 1.45. The van der Waals surface area contributed by atoms with Crippen LogP contribution in [-0.4, -0.2) is 76.9 Å². The molecule has 0 fully saturated rings. The normalized spacial score (nSPS) is 12.6. The maximum atomic E-state index is 13.1. The molecule has 1 heterocycles. The van der Waals surface area contributed by atoms with E-state index in [1.165, 1.54) is 59.7 Å². The molecular weight excluding hydrogens is 514 g/mol. The third-order valence-electron chi connectivity index (χ3n) is 5.99. The van der Waals surface area contributed by atoms with E-state index in [4.69, 9.17) is 14.2 Å². The summed E-state index contributed by atoms with van der Waals surface area (Å²) in [5.74, 6) is -0.440. The molecular formula is C26H35N3O6S2. The number of aryl methyl sites for hydroxylation is 2. The van der Waals surface area contributed by atoms with Crippen LogP contribution in [0.4, 0.5) is 0 Å². The molecule has 3 aromatic rings. The minimum atomic E-state index is -3.78. The van der Waals surface area contributed by atoms with E-state index in [1.54, 1.807) is 0 Å². The third-order valence-corrected chi connectivity index (χ3v) is 8.94. The maximum absolute atomic E-state index is 13.1. The van der Waals surface area contributed by atoms with Gasteiger partial charge >= 0.3 is 0 Å². The van der Waals surface area contributed by atoms with Crippen LogP contribution in [0.25, 0.3) is 10.2 Å². The Labute approximate surface area is 222 Å². The zero-order valence-corrected chi connectivity index (χ0v) is 23.7. The van der Waals surface area contributed by atoms with E-state index in [0.717, 1.165) is 15.8 Å². The second kappa shape index (κ2) is 13.4. The van der Waals surface area contributed by atoms with Crippen LogP contribution in [0.5, 0.6) is 0 Å². The van der Waals surface area contributed by atoms with Crippen molar-refractivity contribution in [1.82, 2.24) is 8.87 Å². The van der Waals surface area contributed by atoms with E-state index in [2.05, 4.69) is 31.0 Å². The van der Waals surface area contributed by atoms with Gasteiger partial charge in [-0.05, 0) is 68.3 Å². The average Bonchev–Trinajstić information content (AvgIpc) is 3.19. The monoisotopic (exact) mass is 549 g/mol. The van der Waals surface area contributed by atoms with Crippen molar-refractivity contribution in [1.29, 1.82) is 0 Å². The molecule has 2 aromatic carbocycles. The van der Waals surface area contributed by atoms with Crippen molar-refractivity contribution < 1.29 is 27.4 Å². The van der Waals surface area contributed by atoms with Gasteiger partial charge in [-0.1, -0.05) is 11.3 Å². The number of hydrogen-bond donors (Lipinski definition) is 0. The number of aromatic nitrogens is 1. The Morgan fingerprint density at radius 2 is 1.62 bits per heavy atom. The molecule has 0 atom stereocenters. The Hall–Kier alpha value is -2.41. The zero-order chi connectivity index (χ0) is 27.0. The van der Waals surface area contributed by atoms with Gasteiger partial charge in [-0.25, -0.2) is 8.42 Å². The second-order valence-electron chi connectivity index (χ2n) is 8.47. The highest BCUT2D eigenvalue weighted by atomic mass is 32.2. The van der Waals surface area contributed by atoms with Gasteiger partial charge in [0.05, 0.1) is 34.9 Å². The Balaban J connectivity index is 1.93. The van der Waals surface area contributed by atoms with Gasteiger partial charge in [0.2, 0.25) is 10.0 Å². The fraction of sp³-hybridized carbons (Fsp3) is 0.462. The fourth-order valence-corrected chi connectivity index (χ4v) is 6.27. The number of fused-ring (bicyclic) bond motifs is 1. The van der Waals surface area contributed by atoms with Crippen molar-refractivity contribution in [3.63, 3.8) is 0 Å². The van der Waals surface area contributed by atoms with E-state index in [-0.39, 0.29) is 31.2 Å². The molecule has 9 nitrogen and oxygen atoms in total. The van der Waals surface area contributed by atoms with Crippen LogP contribution in [-0.2, 0) is 30.8 Å². The van der Waals surface area contributed by atoms with Gasteiger partial charge in [-0.3, -0.25) is 4.79 Å². The number of rotatable bonds is 13. The van der Waals surface area contributed by atoms with Crippen LogP contribution in [0.15, 0.2) is 46.3 Å². The van der Waals surface area contributed by atoms with Gasteiger partial charge in [0.1, 0.15) is 0 Å². The van der Waals surface area contributed by atoms with Gasteiger partial charge in [-0.2, -0.15) is 9.30 Å². The van der Waals surface area contributed by atoms with Gasteiger partial charge < -0.3 is 18.8 Å². The summed E-state index contributed by atoms with van der Waals surface area (Å²) in [6, 6.07) is 10.1. The largest absolute Gasteiger partial charge is 0.383 e. The predicted molar refractivity (Wildman–Crippen MR) is 145 cm³/mol. The third kappa shape index (κ3) is 7.13. The molecule has 0 N–H and O–H groups in total. The van der Waals surface area contributed by atoms with Crippen molar-refractivity contribution in [3.05, 3.63) is 57.9 Å². The summed E-state index contributed by atoms with van der Waals surface area (Å²) in [6.45, 7) is 8.66. The Morgan fingerprint density at radius 3 is 2.22 bits per heavy atom. The first kappa shape index (κ1) is 29.2. The predicted octanol–water partition coefficient (Wildman–Crippen LogP) is 3.38. The van der Waals surface area contributed by atoms with Crippen LogP contribution >= 0.6 is 11.3 Å². The molecule has 0 aliphatic heterocycles. The number of sulfonamides is 1. The Bertz CT molecular complexity index is 1370. The van der Waals surface area contributed by atoms with E-state index in [0.29, 0.717) is 30.1 Å². The highest BCUT2D eigenvalue weighted by Crippen LogP contribution is 2.22. The minimum Gasteiger partial charge on any atom is -0.383 e.